The number of rotatable bonds is 10. The predicted octanol–water partition coefficient (Wildman–Crippen LogP) is 5.01. The summed E-state index contributed by atoms with van der Waals surface area (Å²) in [5, 5.41) is 5.90. The summed E-state index contributed by atoms with van der Waals surface area (Å²) in [6.07, 6.45) is 1.78. The van der Waals surface area contributed by atoms with Crippen LogP contribution in [0.1, 0.15) is 35.7 Å². The zero-order chi connectivity index (χ0) is 25.4. The van der Waals surface area contributed by atoms with Crippen molar-refractivity contribution in [3.05, 3.63) is 88.9 Å². The van der Waals surface area contributed by atoms with Crippen LogP contribution in [-0.4, -0.2) is 33.3 Å². The van der Waals surface area contributed by atoms with Gasteiger partial charge in [0.05, 0.1) is 21.8 Å². The van der Waals surface area contributed by atoms with E-state index >= 15 is 0 Å². The van der Waals surface area contributed by atoms with Gasteiger partial charge in [0.2, 0.25) is 5.91 Å². The number of aryl methyl sites for hydroxylation is 1. The molecule has 0 unspecified atom stereocenters. The molecule has 0 aliphatic rings. The number of hydrogen-bond donors (Lipinski definition) is 2. The van der Waals surface area contributed by atoms with Crippen molar-refractivity contribution < 1.29 is 18.0 Å². The quantitative estimate of drug-likeness (QED) is 0.372. The van der Waals surface area contributed by atoms with Crippen LogP contribution >= 0.6 is 11.6 Å². The number of unbranched alkanes of at least 4 members (excludes halogenated alkanes) is 1. The molecule has 7 nitrogen and oxygen atoms in total. The van der Waals surface area contributed by atoms with Crippen LogP contribution in [0.4, 0.5) is 11.4 Å². The third-order valence-electron chi connectivity index (χ3n) is 5.32. The molecule has 0 radical (unpaired) electrons. The van der Waals surface area contributed by atoms with E-state index < -0.39 is 22.5 Å². The molecule has 3 aromatic rings. The first-order chi connectivity index (χ1) is 16.7. The van der Waals surface area contributed by atoms with Crippen LogP contribution in [0.3, 0.4) is 0 Å². The molecule has 0 heterocycles. The van der Waals surface area contributed by atoms with Crippen LogP contribution < -0.4 is 14.9 Å². The Labute approximate surface area is 211 Å². The molecule has 0 saturated heterocycles. The number of amides is 2. The molecule has 0 spiro atoms. The molecule has 35 heavy (non-hydrogen) atoms. The van der Waals surface area contributed by atoms with Gasteiger partial charge < -0.3 is 10.6 Å². The van der Waals surface area contributed by atoms with E-state index in [1.54, 1.807) is 61.5 Å². The molecule has 2 amide bonds. The fourth-order valence-corrected chi connectivity index (χ4v) is 4.96. The number of halogens is 1. The van der Waals surface area contributed by atoms with Gasteiger partial charge in [-0.25, -0.2) is 8.42 Å². The molecule has 2 N–H and O–H groups in total. The Morgan fingerprint density at radius 3 is 2.34 bits per heavy atom. The van der Waals surface area contributed by atoms with Crippen molar-refractivity contribution in [3.8, 4) is 0 Å². The average Bonchev–Trinajstić information content (AvgIpc) is 2.85. The minimum absolute atomic E-state index is 0.0419. The molecule has 9 heteroatoms. The number of carbonyl (C=O) groups is 2. The lowest BCUT2D eigenvalue weighted by Crippen LogP contribution is -2.38. The van der Waals surface area contributed by atoms with E-state index in [9.17, 15) is 18.0 Å². The third kappa shape index (κ3) is 6.61. The molecule has 3 aromatic carbocycles. The van der Waals surface area contributed by atoms with Crippen LogP contribution in [0.15, 0.2) is 77.7 Å². The Kier molecular flexibility index (Phi) is 8.89. The highest BCUT2D eigenvalue weighted by Gasteiger charge is 2.28. The minimum atomic E-state index is -4.08. The second-order valence-electron chi connectivity index (χ2n) is 7.96. The second kappa shape index (κ2) is 11.9. The van der Waals surface area contributed by atoms with E-state index in [0.717, 1.165) is 22.7 Å². The number of hydrogen-bond acceptors (Lipinski definition) is 4. The summed E-state index contributed by atoms with van der Waals surface area (Å²) in [6.45, 7) is 3.84. The number of carbonyl (C=O) groups excluding carboxylic acids is 2. The van der Waals surface area contributed by atoms with E-state index in [-0.39, 0.29) is 16.5 Å². The highest BCUT2D eigenvalue weighted by Crippen LogP contribution is 2.28. The van der Waals surface area contributed by atoms with Gasteiger partial charge in [0, 0.05) is 11.6 Å². The largest absolute Gasteiger partial charge is 0.352 e. The number of benzene rings is 3. The highest BCUT2D eigenvalue weighted by atomic mass is 35.5. The summed E-state index contributed by atoms with van der Waals surface area (Å²) in [7, 11) is -4.08. The maximum Gasteiger partial charge on any atom is 0.264 e. The van der Waals surface area contributed by atoms with Gasteiger partial charge >= 0.3 is 0 Å². The minimum Gasteiger partial charge on any atom is -0.352 e. The van der Waals surface area contributed by atoms with Gasteiger partial charge in [-0.05, 0) is 55.3 Å². The van der Waals surface area contributed by atoms with Gasteiger partial charge in [-0.2, -0.15) is 0 Å². The van der Waals surface area contributed by atoms with Gasteiger partial charge in [0.25, 0.3) is 15.9 Å². The average molecular weight is 514 g/mol. The lowest BCUT2D eigenvalue weighted by molar-refractivity contribution is -0.114. The van der Waals surface area contributed by atoms with E-state index in [1.165, 1.54) is 18.2 Å². The SMILES string of the molecule is CCCCNC(=O)c1ccccc1NC(=O)CN(c1ccc(C)c(Cl)c1)S(=O)(=O)c1ccccc1. The molecule has 0 aliphatic heterocycles. The Morgan fingerprint density at radius 1 is 0.971 bits per heavy atom. The molecular formula is C26H28ClN3O4S. The molecule has 0 aliphatic carbocycles. The number of nitrogens with zero attached hydrogens (tertiary/aromatic N) is 1. The van der Waals surface area contributed by atoms with Gasteiger partial charge in [0.15, 0.2) is 0 Å². The highest BCUT2D eigenvalue weighted by molar-refractivity contribution is 7.92. The topological polar surface area (TPSA) is 95.6 Å². The summed E-state index contributed by atoms with van der Waals surface area (Å²) in [5.41, 5.74) is 1.63. The van der Waals surface area contributed by atoms with Gasteiger partial charge in [-0.1, -0.05) is 61.3 Å². The molecule has 3 rings (SSSR count). The normalized spacial score (nSPS) is 11.1. The number of para-hydroxylation sites is 1. The van der Waals surface area contributed by atoms with Crippen molar-refractivity contribution in [2.75, 3.05) is 22.7 Å². The lowest BCUT2D eigenvalue weighted by Gasteiger charge is -2.25. The molecular weight excluding hydrogens is 486 g/mol. The van der Waals surface area contributed by atoms with Crippen molar-refractivity contribution in [2.24, 2.45) is 0 Å². The standard InChI is InChI=1S/C26H28ClN3O4S/c1-3-4-16-28-26(32)22-12-8-9-13-24(22)29-25(31)18-30(20-15-14-19(2)23(27)17-20)35(33,34)21-10-6-5-7-11-21/h5-15,17H,3-4,16,18H2,1-2H3,(H,28,32)(H,29,31). The molecule has 0 saturated carbocycles. The fraction of sp³-hybridized carbons (Fsp3) is 0.231. The van der Waals surface area contributed by atoms with Crippen molar-refractivity contribution in [3.63, 3.8) is 0 Å². The van der Waals surface area contributed by atoms with Gasteiger partial charge in [0.1, 0.15) is 6.54 Å². The zero-order valence-electron chi connectivity index (χ0n) is 19.6. The maximum atomic E-state index is 13.5. The van der Waals surface area contributed by atoms with Crippen molar-refractivity contribution in [1.82, 2.24) is 5.32 Å². The van der Waals surface area contributed by atoms with E-state index in [1.807, 2.05) is 6.92 Å². The van der Waals surface area contributed by atoms with Crippen LogP contribution in [0.5, 0.6) is 0 Å². The molecule has 0 atom stereocenters. The van der Waals surface area contributed by atoms with E-state index in [4.69, 9.17) is 11.6 Å². The summed E-state index contributed by atoms with van der Waals surface area (Å²) in [5.74, 6) is -0.913. The maximum absolute atomic E-state index is 13.5. The third-order valence-corrected chi connectivity index (χ3v) is 7.52. The molecule has 0 aromatic heterocycles. The van der Waals surface area contributed by atoms with E-state index in [0.29, 0.717) is 22.8 Å². The molecule has 0 bridgehead atoms. The first kappa shape index (κ1) is 26.2. The second-order valence-corrected chi connectivity index (χ2v) is 10.2. The summed E-state index contributed by atoms with van der Waals surface area (Å²) < 4.78 is 28.0. The van der Waals surface area contributed by atoms with Crippen LogP contribution in [0.2, 0.25) is 5.02 Å². The number of anilines is 2. The van der Waals surface area contributed by atoms with Gasteiger partial charge in [-0.15, -0.1) is 0 Å². The Bertz CT molecular complexity index is 1300. The summed E-state index contributed by atoms with van der Waals surface area (Å²) in [4.78, 5) is 25.7. The van der Waals surface area contributed by atoms with Crippen LogP contribution in [0.25, 0.3) is 0 Å². The number of sulfonamides is 1. The van der Waals surface area contributed by atoms with Crippen molar-refractivity contribution in [2.45, 2.75) is 31.6 Å². The summed E-state index contributed by atoms with van der Waals surface area (Å²) >= 11 is 6.26. The van der Waals surface area contributed by atoms with Crippen molar-refractivity contribution >= 4 is 44.8 Å². The molecule has 184 valence electrons. The predicted molar refractivity (Wildman–Crippen MR) is 139 cm³/mol. The van der Waals surface area contributed by atoms with Crippen LogP contribution in [-0.2, 0) is 14.8 Å². The fourth-order valence-electron chi connectivity index (χ4n) is 3.36. The van der Waals surface area contributed by atoms with Crippen LogP contribution in [0, 0.1) is 6.92 Å². The first-order valence-corrected chi connectivity index (χ1v) is 13.1. The van der Waals surface area contributed by atoms with Crippen molar-refractivity contribution in [1.29, 1.82) is 0 Å². The van der Waals surface area contributed by atoms with Gasteiger partial charge in [-0.3, -0.25) is 13.9 Å². The first-order valence-electron chi connectivity index (χ1n) is 11.2. The summed E-state index contributed by atoms with van der Waals surface area (Å²) in [6, 6.07) is 19.3. The monoisotopic (exact) mass is 513 g/mol. The van der Waals surface area contributed by atoms with E-state index in [2.05, 4.69) is 10.6 Å². The zero-order valence-corrected chi connectivity index (χ0v) is 21.2. The Hall–Kier alpha value is -3.36. The Morgan fingerprint density at radius 2 is 1.66 bits per heavy atom. The Balaban J connectivity index is 1.90. The molecule has 0 fully saturated rings. The lowest BCUT2D eigenvalue weighted by atomic mass is 10.1. The number of nitrogens with one attached hydrogen (secondary N) is 2. The smallest absolute Gasteiger partial charge is 0.264 e.